The summed E-state index contributed by atoms with van der Waals surface area (Å²) in [7, 11) is 1.70. The van der Waals surface area contributed by atoms with Crippen molar-refractivity contribution >= 4 is 17.6 Å². The third-order valence-corrected chi connectivity index (χ3v) is 5.19. The standard InChI is InChI=1S/C19H27N3O3/c1-19(14-25-2)10-12-21(13-19)17(23)16-9-6-11-22(16)18(24)20-15-7-4-3-5-8-15/h3-5,7-8,16H,6,9-14H2,1-2H3,(H,20,24)/t16-,19?/m0/s1. The van der Waals surface area contributed by atoms with E-state index in [0.29, 0.717) is 19.7 Å². The predicted octanol–water partition coefficient (Wildman–Crippen LogP) is 2.57. The molecular formula is C19H27N3O3. The number of likely N-dealkylation sites (tertiary alicyclic amines) is 2. The van der Waals surface area contributed by atoms with Crippen LogP contribution in [0, 0.1) is 5.41 Å². The van der Waals surface area contributed by atoms with E-state index in [9.17, 15) is 9.59 Å². The highest BCUT2D eigenvalue weighted by atomic mass is 16.5. The molecule has 2 aliphatic heterocycles. The minimum atomic E-state index is -0.353. The summed E-state index contributed by atoms with van der Waals surface area (Å²) in [4.78, 5) is 29.2. The van der Waals surface area contributed by atoms with Crippen LogP contribution in [0.4, 0.5) is 10.5 Å². The van der Waals surface area contributed by atoms with Gasteiger partial charge in [-0.05, 0) is 31.4 Å². The van der Waals surface area contributed by atoms with Crippen LogP contribution in [0.1, 0.15) is 26.2 Å². The van der Waals surface area contributed by atoms with Crippen molar-refractivity contribution in [3.8, 4) is 0 Å². The van der Waals surface area contributed by atoms with Gasteiger partial charge in [0.25, 0.3) is 0 Å². The molecule has 1 aromatic carbocycles. The smallest absolute Gasteiger partial charge is 0.322 e. The minimum Gasteiger partial charge on any atom is -0.384 e. The number of hydrogen-bond donors (Lipinski definition) is 1. The number of carbonyl (C=O) groups is 2. The number of rotatable bonds is 4. The zero-order valence-electron chi connectivity index (χ0n) is 15.0. The topological polar surface area (TPSA) is 61.9 Å². The van der Waals surface area contributed by atoms with Crippen LogP contribution < -0.4 is 5.32 Å². The zero-order chi connectivity index (χ0) is 17.9. The van der Waals surface area contributed by atoms with E-state index in [0.717, 1.165) is 31.5 Å². The second-order valence-corrected chi connectivity index (χ2v) is 7.40. The molecule has 3 amide bonds. The van der Waals surface area contributed by atoms with Crippen LogP contribution in [0.15, 0.2) is 30.3 Å². The highest BCUT2D eigenvalue weighted by molar-refractivity contribution is 5.94. The summed E-state index contributed by atoms with van der Waals surface area (Å²) in [6.45, 7) is 4.86. The maximum absolute atomic E-state index is 13.0. The van der Waals surface area contributed by atoms with Gasteiger partial charge >= 0.3 is 6.03 Å². The van der Waals surface area contributed by atoms with Crippen molar-refractivity contribution in [3.05, 3.63) is 30.3 Å². The molecule has 0 bridgehead atoms. The fraction of sp³-hybridized carbons (Fsp3) is 0.579. The summed E-state index contributed by atoms with van der Waals surface area (Å²) in [6.07, 6.45) is 2.54. The van der Waals surface area contributed by atoms with Crippen molar-refractivity contribution in [1.29, 1.82) is 0 Å². The third kappa shape index (κ3) is 3.95. The lowest BCUT2D eigenvalue weighted by Gasteiger charge is -2.29. The Kier molecular flexibility index (Phi) is 5.27. The molecular weight excluding hydrogens is 318 g/mol. The van der Waals surface area contributed by atoms with Gasteiger partial charge in [0.05, 0.1) is 6.61 Å². The minimum absolute atomic E-state index is 0.0140. The van der Waals surface area contributed by atoms with Gasteiger partial charge in [0.2, 0.25) is 5.91 Å². The first kappa shape index (κ1) is 17.7. The number of methoxy groups -OCH3 is 1. The molecule has 0 radical (unpaired) electrons. The van der Waals surface area contributed by atoms with E-state index in [1.54, 1.807) is 12.0 Å². The van der Waals surface area contributed by atoms with Crippen LogP contribution >= 0.6 is 0 Å². The quantitative estimate of drug-likeness (QED) is 0.912. The van der Waals surface area contributed by atoms with Crippen molar-refractivity contribution in [2.45, 2.75) is 32.2 Å². The molecule has 2 aliphatic rings. The molecule has 1 unspecified atom stereocenters. The Morgan fingerprint density at radius 1 is 1.28 bits per heavy atom. The Bertz CT molecular complexity index is 622. The first-order chi connectivity index (χ1) is 12.0. The van der Waals surface area contributed by atoms with Crippen molar-refractivity contribution in [2.75, 3.05) is 38.7 Å². The highest BCUT2D eigenvalue weighted by Gasteiger charge is 2.42. The zero-order valence-corrected chi connectivity index (χ0v) is 15.0. The molecule has 0 aromatic heterocycles. The number of anilines is 1. The number of benzene rings is 1. The highest BCUT2D eigenvalue weighted by Crippen LogP contribution is 2.32. The summed E-state index contributed by atoms with van der Waals surface area (Å²) in [5.74, 6) is 0.0699. The maximum atomic E-state index is 13.0. The van der Waals surface area contributed by atoms with Crippen LogP contribution in [0.5, 0.6) is 0 Å². The number of amides is 3. The molecule has 2 heterocycles. The van der Waals surface area contributed by atoms with Gasteiger partial charge in [-0.2, -0.15) is 0 Å². The summed E-state index contributed by atoms with van der Waals surface area (Å²) in [5, 5.41) is 2.89. The largest absolute Gasteiger partial charge is 0.384 e. The van der Waals surface area contributed by atoms with E-state index in [-0.39, 0.29) is 23.4 Å². The molecule has 1 aromatic rings. The Morgan fingerprint density at radius 2 is 2.04 bits per heavy atom. The van der Waals surface area contributed by atoms with Crippen molar-refractivity contribution in [2.24, 2.45) is 5.41 Å². The van der Waals surface area contributed by atoms with Gasteiger partial charge in [-0.3, -0.25) is 4.79 Å². The Morgan fingerprint density at radius 3 is 2.76 bits per heavy atom. The lowest BCUT2D eigenvalue weighted by atomic mass is 9.91. The normalized spacial score (nSPS) is 26.1. The van der Waals surface area contributed by atoms with Crippen LogP contribution in [0.3, 0.4) is 0 Å². The number of nitrogens with one attached hydrogen (secondary N) is 1. The van der Waals surface area contributed by atoms with E-state index in [1.165, 1.54) is 0 Å². The molecule has 0 aliphatic carbocycles. The van der Waals surface area contributed by atoms with Gasteiger partial charge < -0.3 is 19.9 Å². The number of carbonyl (C=O) groups excluding carboxylic acids is 2. The molecule has 6 nitrogen and oxygen atoms in total. The SMILES string of the molecule is COCC1(C)CCN(C(=O)[C@@H]2CCCN2C(=O)Nc2ccccc2)C1. The summed E-state index contributed by atoms with van der Waals surface area (Å²) >= 11 is 0. The number of hydrogen-bond acceptors (Lipinski definition) is 3. The average molecular weight is 345 g/mol. The second kappa shape index (κ2) is 7.44. The van der Waals surface area contributed by atoms with Crippen molar-refractivity contribution < 1.29 is 14.3 Å². The number of nitrogens with zero attached hydrogens (tertiary/aromatic N) is 2. The molecule has 2 atom stereocenters. The van der Waals surface area contributed by atoms with Gasteiger partial charge in [-0.25, -0.2) is 4.79 Å². The molecule has 2 fully saturated rings. The Balaban J connectivity index is 1.63. The van der Waals surface area contributed by atoms with Crippen LogP contribution in [-0.2, 0) is 9.53 Å². The van der Waals surface area contributed by atoms with E-state index in [4.69, 9.17) is 4.74 Å². The fourth-order valence-electron chi connectivity index (χ4n) is 3.87. The molecule has 0 spiro atoms. The molecule has 0 saturated carbocycles. The van der Waals surface area contributed by atoms with Crippen LogP contribution in [0.25, 0.3) is 0 Å². The predicted molar refractivity (Wildman–Crippen MR) is 96.4 cm³/mol. The van der Waals surface area contributed by atoms with E-state index < -0.39 is 0 Å². The summed E-state index contributed by atoms with van der Waals surface area (Å²) < 4.78 is 5.30. The first-order valence-electron chi connectivity index (χ1n) is 8.93. The molecule has 2 saturated heterocycles. The van der Waals surface area contributed by atoms with Crippen LogP contribution in [-0.4, -0.2) is 61.1 Å². The van der Waals surface area contributed by atoms with Gasteiger partial charge in [0.15, 0.2) is 0 Å². The monoisotopic (exact) mass is 345 g/mol. The lowest BCUT2D eigenvalue weighted by Crippen LogP contribution is -2.48. The summed E-state index contributed by atoms with van der Waals surface area (Å²) in [5.41, 5.74) is 0.764. The van der Waals surface area contributed by atoms with Crippen molar-refractivity contribution in [3.63, 3.8) is 0 Å². The molecule has 6 heteroatoms. The summed E-state index contributed by atoms with van der Waals surface area (Å²) in [6, 6.07) is 8.81. The fourth-order valence-corrected chi connectivity index (χ4v) is 3.87. The van der Waals surface area contributed by atoms with Gasteiger partial charge in [0, 0.05) is 37.8 Å². The van der Waals surface area contributed by atoms with E-state index in [1.807, 2.05) is 35.2 Å². The second-order valence-electron chi connectivity index (χ2n) is 7.40. The number of urea groups is 1. The Labute approximate surface area is 149 Å². The van der Waals surface area contributed by atoms with E-state index >= 15 is 0 Å². The van der Waals surface area contributed by atoms with Crippen LogP contribution in [0.2, 0.25) is 0 Å². The van der Waals surface area contributed by atoms with Gasteiger partial charge in [-0.15, -0.1) is 0 Å². The average Bonchev–Trinajstić information content (AvgIpc) is 3.23. The maximum Gasteiger partial charge on any atom is 0.322 e. The Hall–Kier alpha value is -2.08. The molecule has 25 heavy (non-hydrogen) atoms. The first-order valence-corrected chi connectivity index (χ1v) is 8.93. The molecule has 1 N–H and O–H groups in total. The van der Waals surface area contributed by atoms with Gasteiger partial charge in [-0.1, -0.05) is 25.1 Å². The van der Waals surface area contributed by atoms with Crippen molar-refractivity contribution in [1.82, 2.24) is 9.80 Å². The molecule has 136 valence electrons. The number of para-hydroxylation sites is 1. The van der Waals surface area contributed by atoms with E-state index in [2.05, 4.69) is 12.2 Å². The van der Waals surface area contributed by atoms with Gasteiger partial charge in [0.1, 0.15) is 6.04 Å². The number of ether oxygens (including phenoxy) is 1. The lowest BCUT2D eigenvalue weighted by molar-refractivity contribution is -0.134. The third-order valence-electron chi connectivity index (χ3n) is 5.19. The molecule has 3 rings (SSSR count).